The smallest absolute Gasteiger partial charge is 0.223 e. The van der Waals surface area contributed by atoms with Crippen molar-refractivity contribution in [3.63, 3.8) is 0 Å². The highest BCUT2D eigenvalue weighted by molar-refractivity contribution is 5.81. The van der Waals surface area contributed by atoms with E-state index in [1.165, 1.54) is 12.3 Å². The van der Waals surface area contributed by atoms with E-state index in [4.69, 9.17) is 0 Å². The second-order valence-electron chi connectivity index (χ2n) is 6.66. The zero-order valence-electron chi connectivity index (χ0n) is 14.6. The fourth-order valence-corrected chi connectivity index (χ4v) is 3.13. The molecule has 0 saturated carbocycles. The first-order valence-corrected chi connectivity index (χ1v) is 8.52. The van der Waals surface area contributed by atoms with Gasteiger partial charge in [0.15, 0.2) is 5.75 Å². The van der Waals surface area contributed by atoms with Crippen LogP contribution < -0.4 is 5.43 Å². The lowest BCUT2D eigenvalue weighted by Gasteiger charge is -2.17. The molecule has 0 spiro atoms. The van der Waals surface area contributed by atoms with Gasteiger partial charge in [0.25, 0.3) is 0 Å². The van der Waals surface area contributed by atoms with Crippen LogP contribution in [0.5, 0.6) is 5.75 Å². The van der Waals surface area contributed by atoms with Crippen LogP contribution in [0.3, 0.4) is 0 Å². The molecule has 0 atom stereocenters. The van der Waals surface area contributed by atoms with E-state index in [1.807, 2.05) is 61.1 Å². The van der Waals surface area contributed by atoms with Crippen molar-refractivity contribution < 1.29 is 5.11 Å². The van der Waals surface area contributed by atoms with Gasteiger partial charge in [-0.15, -0.1) is 0 Å². The molecule has 2 N–H and O–H groups in total. The molecule has 3 aromatic heterocycles. The normalized spacial score (nSPS) is 11.3. The number of benzene rings is 1. The highest BCUT2D eigenvalue weighted by atomic mass is 16.3. The number of rotatable bonds is 3. The van der Waals surface area contributed by atoms with Gasteiger partial charge in [-0.1, -0.05) is 26.0 Å². The molecule has 0 radical (unpaired) electrons. The van der Waals surface area contributed by atoms with Crippen LogP contribution in [0, 0.1) is 0 Å². The molecule has 0 aliphatic rings. The average Bonchev–Trinajstić information content (AvgIpc) is 3.11. The molecule has 130 valence electrons. The van der Waals surface area contributed by atoms with Crippen LogP contribution in [0.4, 0.5) is 0 Å². The van der Waals surface area contributed by atoms with Gasteiger partial charge in [-0.25, -0.2) is 0 Å². The Kier molecular flexibility index (Phi) is 3.84. The van der Waals surface area contributed by atoms with Crippen molar-refractivity contribution in [3.05, 3.63) is 77.0 Å². The maximum absolute atomic E-state index is 11.8. The lowest BCUT2D eigenvalue weighted by molar-refractivity contribution is 0.463. The Morgan fingerprint density at radius 3 is 2.77 bits per heavy atom. The number of H-pyrrole nitrogens is 1. The molecule has 0 fully saturated rings. The SMILES string of the molecule is CC(C)c1cc(=O)c(O)cn1-c1cccc(-c2cnc3cc[nH]c3c2)c1. The predicted octanol–water partition coefficient (Wildman–Crippen LogP) is 4.21. The quantitative estimate of drug-likeness (QED) is 0.584. The molecule has 0 aliphatic carbocycles. The maximum Gasteiger partial charge on any atom is 0.223 e. The van der Waals surface area contributed by atoms with Gasteiger partial charge in [0.05, 0.1) is 17.2 Å². The van der Waals surface area contributed by atoms with Crippen LogP contribution in [0.15, 0.2) is 65.8 Å². The predicted molar refractivity (Wildman–Crippen MR) is 103 cm³/mol. The third-order valence-corrected chi connectivity index (χ3v) is 4.51. The summed E-state index contributed by atoms with van der Waals surface area (Å²) in [6.45, 7) is 4.05. The van der Waals surface area contributed by atoms with Crippen molar-refractivity contribution in [2.24, 2.45) is 0 Å². The molecule has 0 unspecified atom stereocenters. The molecular formula is C21H19N3O2. The molecule has 1 aromatic carbocycles. The highest BCUT2D eigenvalue weighted by Gasteiger charge is 2.12. The number of nitrogens with one attached hydrogen (secondary N) is 1. The van der Waals surface area contributed by atoms with Crippen molar-refractivity contribution in [1.82, 2.24) is 14.5 Å². The number of aromatic amines is 1. The van der Waals surface area contributed by atoms with E-state index in [0.29, 0.717) is 0 Å². The van der Waals surface area contributed by atoms with Crippen LogP contribution in [0.1, 0.15) is 25.5 Å². The Morgan fingerprint density at radius 2 is 1.96 bits per heavy atom. The molecule has 0 aliphatic heterocycles. The number of hydrogen-bond donors (Lipinski definition) is 2. The van der Waals surface area contributed by atoms with E-state index >= 15 is 0 Å². The second kappa shape index (κ2) is 6.19. The lowest BCUT2D eigenvalue weighted by Crippen LogP contribution is -2.12. The number of fused-ring (bicyclic) bond motifs is 1. The standard InChI is InChI=1S/C21H19N3O2/c1-13(2)19-10-20(25)21(26)12-24(19)16-5-3-4-14(8-16)15-9-18-17(23-11-15)6-7-22-18/h3-13,22,26H,1-2H3. The molecule has 4 rings (SSSR count). The number of aromatic nitrogens is 3. The van der Waals surface area contributed by atoms with Gasteiger partial charge in [0.1, 0.15) is 0 Å². The van der Waals surface area contributed by atoms with Crippen molar-refractivity contribution in [2.75, 3.05) is 0 Å². The first-order chi connectivity index (χ1) is 12.5. The van der Waals surface area contributed by atoms with Gasteiger partial charge in [-0.05, 0) is 35.7 Å². The van der Waals surface area contributed by atoms with Crippen LogP contribution in [-0.4, -0.2) is 19.6 Å². The maximum atomic E-state index is 11.8. The van der Waals surface area contributed by atoms with E-state index < -0.39 is 0 Å². The largest absolute Gasteiger partial charge is 0.503 e. The highest BCUT2D eigenvalue weighted by Crippen LogP contribution is 2.26. The molecule has 0 saturated heterocycles. The van der Waals surface area contributed by atoms with Crippen LogP contribution >= 0.6 is 0 Å². The molecule has 0 bridgehead atoms. The Labute approximate surface area is 150 Å². The minimum atomic E-state index is -0.359. The van der Waals surface area contributed by atoms with Crippen molar-refractivity contribution >= 4 is 11.0 Å². The Morgan fingerprint density at radius 1 is 1.12 bits per heavy atom. The molecule has 5 heteroatoms. The Balaban J connectivity index is 1.86. The number of aromatic hydroxyl groups is 1. The van der Waals surface area contributed by atoms with Gasteiger partial charge in [0.2, 0.25) is 5.43 Å². The molecule has 26 heavy (non-hydrogen) atoms. The fourth-order valence-electron chi connectivity index (χ4n) is 3.13. The third-order valence-electron chi connectivity index (χ3n) is 4.51. The van der Waals surface area contributed by atoms with Gasteiger partial charge in [-0.3, -0.25) is 9.78 Å². The first kappa shape index (κ1) is 16.1. The topological polar surface area (TPSA) is 70.9 Å². The summed E-state index contributed by atoms with van der Waals surface area (Å²) in [5.74, 6) is -0.113. The minimum Gasteiger partial charge on any atom is -0.503 e. The minimum absolute atomic E-state index is 0.142. The number of hydrogen-bond acceptors (Lipinski definition) is 3. The summed E-state index contributed by atoms with van der Waals surface area (Å²) in [6.07, 6.45) is 5.21. The zero-order valence-corrected chi connectivity index (χ0v) is 14.6. The van der Waals surface area contributed by atoms with Crippen molar-refractivity contribution in [2.45, 2.75) is 19.8 Å². The van der Waals surface area contributed by atoms with Crippen LogP contribution in [0.25, 0.3) is 27.8 Å². The summed E-state index contributed by atoms with van der Waals surface area (Å²) < 4.78 is 1.87. The summed E-state index contributed by atoms with van der Waals surface area (Å²) in [4.78, 5) is 19.5. The third kappa shape index (κ3) is 2.77. The van der Waals surface area contributed by atoms with Crippen molar-refractivity contribution in [3.8, 4) is 22.6 Å². The summed E-state index contributed by atoms with van der Waals surface area (Å²) in [7, 11) is 0. The van der Waals surface area contributed by atoms with Gasteiger partial charge in [0, 0.05) is 35.4 Å². The molecule has 0 amide bonds. The second-order valence-corrected chi connectivity index (χ2v) is 6.66. The van der Waals surface area contributed by atoms with E-state index in [1.54, 1.807) is 0 Å². The summed E-state index contributed by atoms with van der Waals surface area (Å²) >= 11 is 0. The number of nitrogens with zero attached hydrogens (tertiary/aromatic N) is 2. The fraction of sp³-hybridized carbons (Fsp3) is 0.143. The first-order valence-electron chi connectivity index (χ1n) is 8.52. The zero-order chi connectivity index (χ0) is 18.3. The van der Waals surface area contributed by atoms with Gasteiger partial charge in [-0.2, -0.15) is 0 Å². The lowest BCUT2D eigenvalue weighted by atomic mass is 10.0. The molecule has 5 nitrogen and oxygen atoms in total. The van der Waals surface area contributed by atoms with E-state index in [-0.39, 0.29) is 17.1 Å². The Hall–Kier alpha value is -3.34. The van der Waals surface area contributed by atoms with Crippen LogP contribution in [-0.2, 0) is 0 Å². The van der Waals surface area contributed by atoms with Crippen molar-refractivity contribution in [1.29, 1.82) is 0 Å². The van der Waals surface area contributed by atoms with Gasteiger partial charge < -0.3 is 14.7 Å². The summed E-state index contributed by atoms with van der Waals surface area (Å²) in [6, 6.07) is 13.5. The van der Waals surface area contributed by atoms with Crippen LogP contribution in [0.2, 0.25) is 0 Å². The summed E-state index contributed by atoms with van der Waals surface area (Å²) in [5.41, 5.74) is 5.30. The van der Waals surface area contributed by atoms with Gasteiger partial charge >= 0.3 is 0 Å². The molecule has 4 aromatic rings. The number of pyridine rings is 2. The average molecular weight is 345 g/mol. The monoisotopic (exact) mass is 345 g/mol. The summed E-state index contributed by atoms with van der Waals surface area (Å²) in [5, 5.41) is 9.90. The van der Waals surface area contributed by atoms with E-state index in [0.717, 1.165) is 33.5 Å². The van der Waals surface area contributed by atoms with E-state index in [2.05, 4.69) is 16.0 Å². The van der Waals surface area contributed by atoms with E-state index in [9.17, 15) is 9.90 Å². The molecular weight excluding hydrogens is 326 g/mol. The Bertz CT molecular complexity index is 1160. The molecule has 3 heterocycles.